The molecule has 5 nitrogen and oxygen atoms in total. The highest BCUT2D eigenvalue weighted by atomic mass is 28.3. The van der Waals surface area contributed by atoms with Crippen molar-refractivity contribution < 1.29 is 23.7 Å². The standard InChI is InChI=1S/C29H60O5Si2/c1-23(20-24(30)16-14-15-19-35(10,11)27(2,3)4)21-25(36(12,13)28(5,6)7)26(32-22-31-9)29(8)33-17-18-34-29/h23,25-26H,14-22H2,1-13H3/t23-,25+,26-/m1/s1. The lowest BCUT2D eigenvalue weighted by Crippen LogP contribution is -2.55. The molecule has 0 N–H and O–H groups in total. The molecule has 0 aliphatic carbocycles. The molecule has 0 spiro atoms. The number of carbonyl (C=O) groups excluding carboxylic acids is 1. The van der Waals surface area contributed by atoms with Crippen LogP contribution in [-0.4, -0.2) is 60.9 Å². The molecule has 0 aromatic rings. The van der Waals surface area contributed by atoms with Crippen molar-refractivity contribution in [2.45, 2.75) is 147 Å². The molecule has 7 heteroatoms. The van der Waals surface area contributed by atoms with Gasteiger partial charge in [-0.05, 0) is 41.3 Å². The second kappa shape index (κ2) is 13.3. The number of Topliss-reactive ketones (excluding diaryl/α,β-unsaturated/α-hetero) is 1. The first-order valence-electron chi connectivity index (χ1n) is 14.2. The van der Waals surface area contributed by atoms with Crippen LogP contribution in [0.15, 0.2) is 0 Å². The summed E-state index contributed by atoms with van der Waals surface area (Å²) in [5.41, 5.74) is 0.261. The van der Waals surface area contributed by atoms with Crippen LogP contribution in [0.25, 0.3) is 0 Å². The number of hydrogen-bond acceptors (Lipinski definition) is 5. The van der Waals surface area contributed by atoms with Crippen molar-refractivity contribution in [2.75, 3.05) is 27.1 Å². The van der Waals surface area contributed by atoms with Gasteiger partial charge in [-0.1, -0.05) is 87.1 Å². The van der Waals surface area contributed by atoms with Gasteiger partial charge in [-0.15, -0.1) is 0 Å². The van der Waals surface area contributed by atoms with Gasteiger partial charge in [0.2, 0.25) is 0 Å². The Hall–Kier alpha value is -0.0562. The van der Waals surface area contributed by atoms with Crippen LogP contribution in [0.5, 0.6) is 0 Å². The van der Waals surface area contributed by atoms with E-state index in [0.29, 0.717) is 36.9 Å². The zero-order valence-corrected chi connectivity index (χ0v) is 28.1. The minimum Gasteiger partial charge on any atom is -0.359 e. The van der Waals surface area contributed by atoms with E-state index in [1.54, 1.807) is 7.11 Å². The number of hydrogen-bond donors (Lipinski definition) is 0. The molecule has 1 rings (SSSR count). The number of unbranched alkanes of at least 4 members (excludes halogenated alkanes) is 1. The van der Waals surface area contributed by atoms with Crippen LogP contribution in [0, 0.1) is 5.92 Å². The Labute approximate surface area is 225 Å². The smallest absolute Gasteiger partial charge is 0.192 e. The van der Waals surface area contributed by atoms with Crippen LogP contribution in [0.4, 0.5) is 0 Å². The van der Waals surface area contributed by atoms with E-state index in [2.05, 4.69) is 74.7 Å². The van der Waals surface area contributed by atoms with Crippen molar-refractivity contribution in [2.24, 2.45) is 5.92 Å². The van der Waals surface area contributed by atoms with E-state index < -0.39 is 21.9 Å². The summed E-state index contributed by atoms with van der Waals surface area (Å²) in [6.07, 6.45) is 4.23. The Morgan fingerprint density at radius 2 is 1.53 bits per heavy atom. The van der Waals surface area contributed by atoms with Gasteiger partial charge in [0, 0.05) is 20.0 Å². The van der Waals surface area contributed by atoms with E-state index >= 15 is 0 Å². The summed E-state index contributed by atoms with van der Waals surface area (Å²) in [5, 5.41) is 0.573. The van der Waals surface area contributed by atoms with Crippen LogP contribution < -0.4 is 0 Å². The van der Waals surface area contributed by atoms with Crippen molar-refractivity contribution in [3.05, 3.63) is 0 Å². The van der Waals surface area contributed by atoms with Crippen molar-refractivity contribution in [1.82, 2.24) is 0 Å². The summed E-state index contributed by atoms with van der Waals surface area (Å²) >= 11 is 0. The Balaban J connectivity index is 2.91. The van der Waals surface area contributed by atoms with Gasteiger partial charge in [0.05, 0.1) is 29.4 Å². The van der Waals surface area contributed by atoms with Gasteiger partial charge in [-0.25, -0.2) is 0 Å². The lowest BCUT2D eigenvalue weighted by Gasteiger charge is -2.50. The molecule has 214 valence electrons. The van der Waals surface area contributed by atoms with Crippen LogP contribution in [-0.2, 0) is 23.7 Å². The normalized spacial score (nSPS) is 19.8. The first-order chi connectivity index (χ1) is 16.3. The third-order valence-electron chi connectivity index (χ3n) is 9.74. The number of methoxy groups -OCH3 is 1. The fraction of sp³-hybridized carbons (Fsp3) is 0.966. The lowest BCUT2D eigenvalue weighted by atomic mass is 9.93. The zero-order chi connectivity index (χ0) is 28.0. The highest BCUT2D eigenvalue weighted by molar-refractivity contribution is 6.81. The van der Waals surface area contributed by atoms with Crippen LogP contribution >= 0.6 is 0 Å². The van der Waals surface area contributed by atoms with Gasteiger partial charge in [-0.2, -0.15) is 0 Å². The SMILES string of the molecule is COCO[C@H]([C@H](C[C@H](C)CC(=O)CCCC[Si](C)(C)C(C)(C)C)[Si](C)(C)C(C)(C)C)C1(C)OCCO1. The summed E-state index contributed by atoms with van der Waals surface area (Å²) in [6.45, 7) is 29.6. The summed E-state index contributed by atoms with van der Waals surface area (Å²) in [6, 6.07) is 1.30. The largest absolute Gasteiger partial charge is 0.359 e. The number of rotatable bonds is 15. The maximum atomic E-state index is 13.0. The van der Waals surface area contributed by atoms with E-state index in [0.717, 1.165) is 12.8 Å². The Morgan fingerprint density at radius 1 is 0.972 bits per heavy atom. The fourth-order valence-corrected chi connectivity index (χ4v) is 10.2. The van der Waals surface area contributed by atoms with Crippen molar-refractivity contribution >= 4 is 21.9 Å². The van der Waals surface area contributed by atoms with E-state index in [4.69, 9.17) is 18.9 Å². The Bertz CT molecular complexity index is 672. The van der Waals surface area contributed by atoms with Crippen LogP contribution in [0.2, 0.25) is 47.8 Å². The highest BCUT2D eigenvalue weighted by Crippen LogP contribution is 2.51. The van der Waals surface area contributed by atoms with Crippen molar-refractivity contribution in [1.29, 1.82) is 0 Å². The third-order valence-corrected chi connectivity index (χ3v) is 21.7. The minimum atomic E-state index is -1.89. The predicted molar refractivity (Wildman–Crippen MR) is 157 cm³/mol. The molecule has 1 heterocycles. The molecule has 0 unspecified atom stereocenters. The molecule has 1 aliphatic heterocycles. The molecule has 1 fully saturated rings. The van der Waals surface area contributed by atoms with Crippen molar-refractivity contribution in [3.8, 4) is 0 Å². The zero-order valence-electron chi connectivity index (χ0n) is 26.1. The Morgan fingerprint density at radius 3 is 2.00 bits per heavy atom. The molecule has 1 aliphatic rings. The second-order valence-corrected chi connectivity index (χ2v) is 26.2. The quantitative estimate of drug-likeness (QED) is 0.118. The van der Waals surface area contributed by atoms with E-state index in [9.17, 15) is 4.79 Å². The molecule has 0 bridgehead atoms. The molecule has 0 amide bonds. The highest BCUT2D eigenvalue weighted by Gasteiger charge is 2.54. The minimum absolute atomic E-state index is 0.161. The molecular weight excluding hydrogens is 484 g/mol. The fourth-order valence-electron chi connectivity index (χ4n) is 5.09. The first-order valence-corrected chi connectivity index (χ1v) is 20.5. The predicted octanol–water partition coefficient (Wildman–Crippen LogP) is 8.28. The molecule has 0 aromatic carbocycles. The molecule has 0 saturated carbocycles. The Kier molecular flexibility index (Phi) is 12.6. The molecule has 0 radical (unpaired) electrons. The van der Waals surface area contributed by atoms with E-state index in [1.807, 2.05) is 6.92 Å². The number of ether oxygens (including phenoxy) is 4. The van der Waals surface area contributed by atoms with Crippen molar-refractivity contribution in [3.63, 3.8) is 0 Å². The summed E-state index contributed by atoms with van der Waals surface area (Å²) in [7, 11) is -1.51. The van der Waals surface area contributed by atoms with Gasteiger partial charge >= 0.3 is 0 Å². The van der Waals surface area contributed by atoms with E-state index in [-0.39, 0.29) is 29.4 Å². The second-order valence-electron chi connectivity index (χ2n) is 14.7. The third kappa shape index (κ3) is 9.30. The average Bonchev–Trinajstić information content (AvgIpc) is 3.16. The molecule has 36 heavy (non-hydrogen) atoms. The topological polar surface area (TPSA) is 54.0 Å². The maximum absolute atomic E-state index is 13.0. The van der Waals surface area contributed by atoms with Gasteiger partial charge in [-0.3, -0.25) is 4.79 Å². The molecule has 0 aromatic heterocycles. The van der Waals surface area contributed by atoms with Crippen LogP contribution in [0.1, 0.15) is 87.5 Å². The average molecular weight is 545 g/mol. The lowest BCUT2D eigenvalue weighted by molar-refractivity contribution is -0.242. The van der Waals surface area contributed by atoms with E-state index in [1.165, 1.54) is 12.5 Å². The van der Waals surface area contributed by atoms with Crippen LogP contribution in [0.3, 0.4) is 0 Å². The maximum Gasteiger partial charge on any atom is 0.192 e. The van der Waals surface area contributed by atoms with Gasteiger partial charge in [0.15, 0.2) is 5.79 Å². The molecule has 1 saturated heterocycles. The van der Waals surface area contributed by atoms with Gasteiger partial charge in [0.25, 0.3) is 0 Å². The molecule has 3 atom stereocenters. The summed E-state index contributed by atoms with van der Waals surface area (Å²) < 4.78 is 23.9. The number of carbonyl (C=O) groups is 1. The summed E-state index contributed by atoms with van der Waals surface area (Å²) in [4.78, 5) is 13.0. The summed E-state index contributed by atoms with van der Waals surface area (Å²) in [5.74, 6) is -0.0945. The first kappa shape index (κ1) is 34.0. The van der Waals surface area contributed by atoms with Gasteiger partial charge < -0.3 is 18.9 Å². The number of ketones is 1. The monoisotopic (exact) mass is 544 g/mol. The molecular formula is C29H60O5Si2. The van der Waals surface area contributed by atoms with Gasteiger partial charge in [0.1, 0.15) is 18.7 Å².